The molecule has 0 aromatic heterocycles. The first-order valence-corrected chi connectivity index (χ1v) is 5.16. The van der Waals surface area contributed by atoms with Crippen LogP contribution in [0.15, 0.2) is 60.7 Å². The molecule has 0 heterocycles. The minimum absolute atomic E-state index is 0.662. The molecule has 0 spiro atoms. The quantitative estimate of drug-likeness (QED) is 0.796. The highest BCUT2D eigenvalue weighted by atomic mass is 14.8. The van der Waals surface area contributed by atoms with Gasteiger partial charge in [0, 0.05) is 13.1 Å². The zero-order valence-corrected chi connectivity index (χ0v) is 8.63. The molecule has 0 saturated heterocycles. The average Bonchev–Trinajstić information content (AvgIpc) is 2.31. The second kappa shape index (κ2) is 5.32. The van der Waals surface area contributed by atoms with Gasteiger partial charge >= 0.3 is 0 Å². The summed E-state index contributed by atoms with van der Waals surface area (Å²) in [6, 6.07) is 20.2. The molecule has 0 unspecified atom stereocenters. The lowest BCUT2D eigenvalue weighted by molar-refractivity contribution is 0.693. The Morgan fingerprint density at radius 2 is 1.13 bits per heavy atom. The first-order valence-electron chi connectivity index (χ1n) is 5.61. The maximum absolute atomic E-state index is 7.88. The Bertz CT molecular complexity index is 372. The second-order valence-electron chi connectivity index (χ2n) is 3.51. The van der Waals surface area contributed by atoms with E-state index < -0.39 is 0 Å². The van der Waals surface area contributed by atoms with Gasteiger partial charge in [-0.25, -0.2) is 0 Å². The molecule has 0 atom stereocenters. The predicted octanol–water partition coefficient (Wildman–Crippen LogP) is 2.98. The molecule has 2 rings (SSSR count). The van der Waals surface area contributed by atoms with E-state index in [-0.39, 0.29) is 0 Å². The van der Waals surface area contributed by atoms with E-state index in [1.54, 1.807) is 5.31 Å². The molecule has 0 saturated carbocycles. The van der Waals surface area contributed by atoms with Crippen LogP contribution in [0, 0.1) is 0 Å². The van der Waals surface area contributed by atoms with Gasteiger partial charge in [0.15, 0.2) is 0 Å². The van der Waals surface area contributed by atoms with E-state index in [1.165, 1.54) is 11.1 Å². The lowest BCUT2D eigenvalue weighted by Gasteiger charge is -2.04. The Labute approximate surface area is 92.2 Å². The van der Waals surface area contributed by atoms with Gasteiger partial charge in [0.25, 0.3) is 0 Å². The van der Waals surface area contributed by atoms with Gasteiger partial charge in [-0.15, -0.1) is 0 Å². The molecule has 1 nitrogen and oxygen atoms in total. The maximum atomic E-state index is 7.88. The summed E-state index contributed by atoms with van der Waals surface area (Å²) in [5.74, 6) is 0. The van der Waals surface area contributed by atoms with Crippen LogP contribution in [0.5, 0.6) is 0 Å². The first-order chi connectivity index (χ1) is 7.84. The molecule has 2 aromatic carbocycles. The van der Waals surface area contributed by atoms with Gasteiger partial charge in [0.1, 0.15) is 1.41 Å². The minimum atomic E-state index is 0.662. The van der Waals surface area contributed by atoms with Crippen LogP contribution in [0.25, 0.3) is 0 Å². The number of nitrogens with one attached hydrogen (secondary N) is 1. The van der Waals surface area contributed by atoms with E-state index in [4.69, 9.17) is 1.41 Å². The Morgan fingerprint density at radius 3 is 1.53 bits per heavy atom. The molecule has 2 aromatic rings. The Morgan fingerprint density at radius 1 is 0.733 bits per heavy atom. The van der Waals surface area contributed by atoms with Crippen molar-refractivity contribution >= 4 is 0 Å². The molecule has 1 N–H and O–H groups in total. The number of rotatable bonds is 4. The molecule has 0 aliphatic rings. The van der Waals surface area contributed by atoms with Crippen molar-refractivity contribution in [1.29, 1.82) is 0 Å². The lowest BCUT2D eigenvalue weighted by atomic mass is 10.2. The van der Waals surface area contributed by atoms with Crippen molar-refractivity contribution in [1.82, 2.24) is 5.31 Å². The highest BCUT2D eigenvalue weighted by Crippen LogP contribution is 2.00. The Kier molecular flexibility index (Phi) is 3.08. The van der Waals surface area contributed by atoms with Crippen molar-refractivity contribution in [2.45, 2.75) is 13.1 Å². The van der Waals surface area contributed by atoms with Crippen LogP contribution in [-0.4, -0.2) is 0 Å². The molecule has 0 radical (unpaired) electrons. The van der Waals surface area contributed by atoms with Gasteiger partial charge in [0.2, 0.25) is 0 Å². The Balaban J connectivity index is 1.92. The smallest absolute Gasteiger partial charge is 0.123 e. The van der Waals surface area contributed by atoms with Gasteiger partial charge < -0.3 is 5.31 Å². The summed E-state index contributed by atoms with van der Waals surface area (Å²) in [6.45, 7) is 1.32. The zero-order chi connectivity index (χ0) is 11.2. The molecule has 0 amide bonds. The SMILES string of the molecule is [2H]N(Cc1ccccc1)Cc1ccccc1. The van der Waals surface area contributed by atoms with Crippen LogP contribution >= 0.6 is 0 Å². The van der Waals surface area contributed by atoms with Crippen molar-refractivity contribution in [2.24, 2.45) is 0 Å². The molecule has 1 heteroatoms. The third-order valence-electron chi connectivity index (χ3n) is 2.27. The van der Waals surface area contributed by atoms with Crippen LogP contribution in [0.1, 0.15) is 11.1 Å². The summed E-state index contributed by atoms with van der Waals surface area (Å²) in [5, 5.41) is 1.57. The monoisotopic (exact) mass is 198 g/mol. The largest absolute Gasteiger partial charge is 0.309 e. The number of hydrogen-bond donors (Lipinski definition) is 1. The van der Waals surface area contributed by atoms with Crippen molar-refractivity contribution in [3.63, 3.8) is 0 Å². The fraction of sp³-hybridized carbons (Fsp3) is 0.143. The van der Waals surface area contributed by atoms with E-state index >= 15 is 0 Å². The van der Waals surface area contributed by atoms with Crippen LogP contribution in [0.2, 0.25) is 1.41 Å². The Hall–Kier alpha value is -1.60. The average molecular weight is 198 g/mol. The van der Waals surface area contributed by atoms with E-state index in [1.807, 2.05) is 60.7 Å². The number of hydrogen-bond acceptors (Lipinski definition) is 1. The fourth-order valence-electron chi connectivity index (χ4n) is 1.48. The van der Waals surface area contributed by atoms with Crippen molar-refractivity contribution in [3.05, 3.63) is 71.8 Å². The fourth-order valence-corrected chi connectivity index (χ4v) is 1.48. The molecule has 0 bridgehead atoms. The zero-order valence-electron chi connectivity index (χ0n) is 9.63. The van der Waals surface area contributed by atoms with E-state index in [2.05, 4.69) is 0 Å². The molecule has 0 fully saturated rings. The highest BCUT2D eigenvalue weighted by Gasteiger charge is 1.92. The van der Waals surface area contributed by atoms with Crippen LogP contribution in [0.3, 0.4) is 0 Å². The summed E-state index contributed by atoms with van der Waals surface area (Å²) >= 11 is 0. The molecule has 15 heavy (non-hydrogen) atoms. The number of benzene rings is 2. The van der Waals surface area contributed by atoms with E-state index in [0.29, 0.717) is 13.1 Å². The summed E-state index contributed by atoms with van der Waals surface area (Å²) in [5.41, 5.74) is 2.35. The first kappa shape index (κ1) is 8.69. The molecular weight excluding hydrogens is 182 g/mol. The summed E-state index contributed by atoms with van der Waals surface area (Å²) in [7, 11) is 0. The summed E-state index contributed by atoms with van der Waals surface area (Å²) in [6.07, 6.45) is 0. The van der Waals surface area contributed by atoms with Gasteiger partial charge in [-0.3, -0.25) is 0 Å². The van der Waals surface area contributed by atoms with Gasteiger partial charge in [-0.1, -0.05) is 60.7 Å². The molecule has 0 aliphatic heterocycles. The van der Waals surface area contributed by atoms with Crippen LogP contribution < -0.4 is 5.31 Å². The third kappa shape index (κ3) is 3.22. The van der Waals surface area contributed by atoms with Gasteiger partial charge in [-0.2, -0.15) is 0 Å². The molecule has 76 valence electrons. The van der Waals surface area contributed by atoms with Crippen molar-refractivity contribution in [3.8, 4) is 0 Å². The minimum Gasteiger partial charge on any atom is -0.309 e. The van der Waals surface area contributed by atoms with E-state index in [9.17, 15) is 0 Å². The van der Waals surface area contributed by atoms with Gasteiger partial charge in [-0.05, 0) is 11.1 Å². The predicted molar refractivity (Wildman–Crippen MR) is 63.4 cm³/mol. The van der Waals surface area contributed by atoms with Crippen molar-refractivity contribution in [2.75, 3.05) is 0 Å². The maximum Gasteiger partial charge on any atom is 0.123 e. The summed E-state index contributed by atoms with van der Waals surface area (Å²) < 4.78 is 7.88. The molecule has 0 aliphatic carbocycles. The third-order valence-corrected chi connectivity index (χ3v) is 2.27. The lowest BCUT2D eigenvalue weighted by Crippen LogP contribution is -2.12. The topological polar surface area (TPSA) is 12.0 Å². The summed E-state index contributed by atoms with van der Waals surface area (Å²) in [4.78, 5) is 0. The molecular formula is C14H15N. The standard InChI is InChI=1S/C14H15N/c1-3-7-13(8-4-1)11-15-12-14-9-5-2-6-10-14/h1-10,15H,11-12H2/i/hD. The van der Waals surface area contributed by atoms with E-state index in [0.717, 1.165) is 0 Å². The van der Waals surface area contributed by atoms with Gasteiger partial charge in [0.05, 0.1) is 0 Å². The van der Waals surface area contributed by atoms with Crippen molar-refractivity contribution < 1.29 is 1.41 Å². The van der Waals surface area contributed by atoms with Crippen LogP contribution in [-0.2, 0) is 13.1 Å². The second-order valence-corrected chi connectivity index (χ2v) is 3.51. The van der Waals surface area contributed by atoms with Crippen LogP contribution in [0.4, 0.5) is 0 Å². The highest BCUT2D eigenvalue weighted by molar-refractivity contribution is 5.16. The normalized spacial score (nSPS) is 11.4.